The molecule has 6 heteroatoms. The van der Waals surface area contributed by atoms with Crippen LogP contribution in [-0.4, -0.2) is 40.8 Å². The van der Waals surface area contributed by atoms with Crippen LogP contribution in [0.25, 0.3) is 10.8 Å². The molecule has 2 atom stereocenters. The summed E-state index contributed by atoms with van der Waals surface area (Å²) in [5.41, 5.74) is 2.12. The Kier molecular flexibility index (Phi) is 5.74. The summed E-state index contributed by atoms with van der Waals surface area (Å²) >= 11 is 1.59. The summed E-state index contributed by atoms with van der Waals surface area (Å²) in [7, 11) is 0. The second-order valence-corrected chi connectivity index (χ2v) is 9.37. The van der Waals surface area contributed by atoms with Gasteiger partial charge in [0.2, 0.25) is 6.10 Å². The summed E-state index contributed by atoms with van der Waals surface area (Å²) in [6.07, 6.45) is 1.89. The summed E-state index contributed by atoms with van der Waals surface area (Å²) in [5.74, 6) is 0.214. The first-order valence-corrected chi connectivity index (χ1v) is 11.8. The number of hydrogen-bond acceptors (Lipinski definition) is 5. The lowest BCUT2D eigenvalue weighted by atomic mass is 9.90. The largest absolute Gasteiger partial charge is 0.387 e. The third-order valence-corrected chi connectivity index (χ3v) is 7.36. The van der Waals surface area contributed by atoms with E-state index in [1.165, 1.54) is 16.3 Å². The molecule has 1 N–H and O–H groups in total. The SMILES string of the molecule is O=C([C@H]1CC(Cc2cccc3ccccc23)=NO1)N1CCC([C@@H](O)c2cccs2)CC1. The van der Waals surface area contributed by atoms with Crippen LogP contribution in [0.3, 0.4) is 0 Å². The van der Waals surface area contributed by atoms with Crippen molar-refractivity contribution < 1.29 is 14.7 Å². The van der Waals surface area contributed by atoms with Crippen molar-refractivity contribution in [3.05, 3.63) is 70.4 Å². The van der Waals surface area contributed by atoms with Gasteiger partial charge in [-0.3, -0.25) is 4.79 Å². The van der Waals surface area contributed by atoms with Gasteiger partial charge in [0.05, 0.1) is 11.8 Å². The van der Waals surface area contributed by atoms with Gasteiger partial charge in [-0.1, -0.05) is 53.7 Å². The standard InChI is InChI=1S/C25H26N2O3S/c28-24(23-9-4-14-31-23)18-10-12-27(13-11-18)25(29)22-16-20(26-30-22)15-19-7-3-6-17-5-1-2-8-21(17)19/h1-9,14,18,22,24,28H,10-13,15-16H2/t22-,24-/m1/s1. The summed E-state index contributed by atoms with van der Waals surface area (Å²) in [4.78, 5) is 21.4. The third kappa shape index (κ3) is 4.23. The third-order valence-electron chi connectivity index (χ3n) is 6.41. The molecule has 2 aliphatic heterocycles. The maximum absolute atomic E-state index is 13.0. The van der Waals surface area contributed by atoms with Gasteiger partial charge >= 0.3 is 0 Å². The van der Waals surface area contributed by atoms with Crippen molar-refractivity contribution in [2.75, 3.05) is 13.1 Å². The number of amides is 1. The maximum Gasteiger partial charge on any atom is 0.266 e. The Morgan fingerprint density at radius 3 is 2.74 bits per heavy atom. The van der Waals surface area contributed by atoms with Crippen LogP contribution in [0.5, 0.6) is 0 Å². The molecule has 0 bridgehead atoms. The fraction of sp³-hybridized carbons (Fsp3) is 0.360. The predicted molar refractivity (Wildman–Crippen MR) is 123 cm³/mol. The van der Waals surface area contributed by atoms with E-state index in [1.807, 2.05) is 34.5 Å². The van der Waals surface area contributed by atoms with E-state index in [1.54, 1.807) is 11.3 Å². The van der Waals surface area contributed by atoms with Crippen molar-refractivity contribution in [2.24, 2.45) is 11.1 Å². The summed E-state index contributed by atoms with van der Waals surface area (Å²) < 4.78 is 0. The van der Waals surface area contributed by atoms with Crippen LogP contribution in [-0.2, 0) is 16.1 Å². The van der Waals surface area contributed by atoms with Gasteiger partial charge < -0.3 is 14.8 Å². The first kappa shape index (κ1) is 20.2. The first-order chi connectivity index (χ1) is 15.2. The van der Waals surface area contributed by atoms with Gasteiger partial charge in [-0.15, -0.1) is 11.3 Å². The van der Waals surface area contributed by atoms with Crippen molar-refractivity contribution in [2.45, 2.75) is 37.9 Å². The smallest absolute Gasteiger partial charge is 0.266 e. The van der Waals surface area contributed by atoms with Gasteiger partial charge in [0.25, 0.3) is 5.91 Å². The molecule has 1 aromatic heterocycles. The highest BCUT2D eigenvalue weighted by Crippen LogP contribution is 2.33. The fourth-order valence-corrected chi connectivity index (χ4v) is 5.46. The van der Waals surface area contributed by atoms with Crippen LogP contribution in [0.2, 0.25) is 0 Å². The average molecular weight is 435 g/mol. The number of oxime groups is 1. The molecule has 3 heterocycles. The number of carbonyl (C=O) groups excluding carboxylic acids is 1. The molecule has 0 aliphatic carbocycles. The van der Waals surface area contributed by atoms with Crippen LogP contribution < -0.4 is 0 Å². The number of carbonyl (C=O) groups is 1. The molecule has 1 saturated heterocycles. The Hall–Kier alpha value is -2.70. The van der Waals surface area contributed by atoms with Gasteiger partial charge in [0.1, 0.15) is 0 Å². The Bertz CT molecular complexity index is 1080. The zero-order valence-electron chi connectivity index (χ0n) is 17.3. The summed E-state index contributed by atoms with van der Waals surface area (Å²) in [5, 5.41) is 19.2. The zero-order chi connectivity index (χ0) is 21.2. The first-order valence-electron chi connectivity index (χ1n) is 10.9. The predicted octanol–water partition coefficient (Wildman–Crippen LogP) is 4.56. The number of aliphatic hydroxyl groups excluding tert-OH is 1. The second-order valence-electron chi connectivity index (χ2n) is 8.39. The van der Waals surface area contributed by atoms with Crippen molar-refractivity contribution >= 4 is 33.7 Å². The molecular formula is C25H26N2O3S. The fourth-order valence-electron chi connectivity index (χ4n) is 4.66. The number of aliphatic hydroxyl groups is 1. The van der Waals surface area contributed by atoms with E-state index < -0.39 is 12.2 Å². The van der Waals surface area contributed by atoms with Crippen LogP contribution >= 0.6 is 11.3 Å². The molecule has 2 aliphatic rings. The number of benzene rings is 2. The van der Waals surface area contributed by atoms with Crippen molar-refractivity contribution in [3.8, 4) is 0 Å². The minimum absolute atomic E-state index is 0.0146. The molecule has 31 heavy (non-hydrogen) atoms. The molecule has 1 amide bonds. The van der Waals surface area contributed by atoms with E-state index in [0.717, 1.165) is 23.4 Å². The van der Waals surface area contributed by atoms with E-state index in [4.69, 9.17) is 4.84 Å². The molecule has 1 fully saturated rings. The number of likely N-dealkylation sites (tertiary alicyclic amines) is 1. The quantitative estimate of drug-likeness (QED) is 0.640. The molecule has 0 radical (unpaired) electrons. The Balaban J connectivity index is 1.16. The Morgan fingerprint density at radius 1 is 1.13 bits per heavy atom. The highest BCUT2D eigenvalue weighted by atomic mass is 32.1. The van der Waals surface area contributed by atoms with Crippen LogP contribution in [0.4, 0.5) is 0 Å². The van der Waals surface area contributed by atoms with Crippen molar-refractivity contribution in [1.29, 1.82) is 0 Å². The second kappa shape index (κ2) is 8.81. The normalized spacial score (nSPS) is 20.5. The number of rotatable bonds is 5. The van der Waals surface area contributed by atoms with Crippen LogP contribution in [0.1, 0.15) is 35.8 Å². The van der Waals surface area contributed by atoms with E-state index in [-0.39, 0.29) is 11.8 Å². The molecule has 0 spiro atoms. The number of fused-ring (bicyclic) bond motifs is 1. The molecule has 3 aromatic rings. The van der Waals surface area contributed by atoms with Gasteiger partial charge in [-0.05, 0) is 46.5 Å². The molecule has 0 saturated carbocycles. The van der Waals surface area contributed by atoms with Crippen molar-refractivity contribution in [3.63, 3.8) is 0 Å². The van der Waals surface area contributed by atoms with Gasteiger partial charge in [-0.25, -0.2) is 0 Å². The van der Waals surface area contributed by atoms with Crippen molar-refractivity contribution in [1.82, 2.24) is 4.90 Å². The van der Waals surface area contributed by atoms with Crippen LogP contribution in [0, 0.1) is 5.92 Å². The Morgan fingerprint density at radius 2 is 1.94 bits per heavy atom. The van der Waals surface area contributed by atoms with E-state index in [0.29, 0.717) is 25.9 Å². The van der Waals surface area contributed by atoms with Gasteiger partial charge in [-0.2, -0.15) is 0 Å². The minimum Gasteiger partial charge on any atom is -0.387 e. The zero-order valence-corrected chi connectivity index (χ0v) is 18.1. The molecule has 5 rings (SSSR count). The van der Waals surface area contributed by atoms with E-state index >= 15 is 0 Å². The van der Waals surface area contributed by atoms with E-state index in [9.17, 15) is 9.90 Å². The number of piperidine rings is 1. The van der Waals surface area contributed by atoms with Crippen LogP contribution in [0.15, 0.2) is 65.1 Å². The number of thiophene rings is 1. The van der Waals surface area contributed by atoms with E-state index in [2.05, 4.69) is 35.5 Å². The van der Waals surface area contributed by atoms with Gasteiger partial charge in [0, 0.05) is 30.8 Å². The Labute approximate surface area is 185 Å². The highest BCUT2D eigenvalue weighted by molar-refractivity contribution is 7.10. The molecule has 0 unspecified atom stereocenters. The maximum atomic E-state index is 13.0. The average Bonchev–Trinajstić information content (AvgIpc) is 3.51. The number of nitrogens with zero attached hydrogens (tertiary/aromatic N) is 2. The highest BCUT2D eigenvalue weighted by Gasteiger charge is 2.35. The topological polar surface area (TPSA) is 62.1 Å². The molecule has 5 nitrogen and oxygen atoms in total. The summed E-state index contributed by atoms with van der Waals surface area (Å²) in [6.45, 7) is 1.31. The lowest BCUT2D eigenvalue weighted by Crippen LogP contribution is -2.44. The molecular weight excluding hydrogens is 408 g/mol. The number of hydrogen-bond donors (Lipinski definition) is 1. The molecule has 160 valence electrons. The monoisotopic (exact) mass is 434 g/mol. The minimum atomic E-state index is -0.524. The lowest BCUT2D eigenvalue weighted by molar-refractivity contribution is -0.144. The summed E-state index contributed by atoms with van der Waals surface area (Å²) in [6, 6.07) is 18.6. The lowest BCUT2D eigenvalue weighted by Gasteiger charge is -2.34. The molecule has 2 aromatic carbocycles. The van der Waals surface area contributed by atoms with Gasteiger partial charge in [0.15, 0.2) is 0 Å².